The molecule has 104 valence electrons. The summed E-state index contributed by atoms with van der Waals surface area (Å²) in [6, 6.07) is 5.42. The van der Waals surface area contributed by atoms with E-state index in [0.29, 0.717) is 27.3 Å². The molecule has 0 saturated carbocycles. The first-order valence-corrected chi connectivity index (χ1v) is 7.38. The van der Waals surface area contributed by atoms with E-state index in [1.165, 1.54) is 11.8 Å². The topological polar surface area (TPSA) is 69.9 Å². The normalized spacial score (nSPS) is 11.3. The molecule has 2 heterocycles. The number of thioether (sulfide) groups is 1. The monoisotopic (exact) mass is 308 g/mol. The standard InChI is InChI=1S/C13H13ClN4OS/c1-7-12(14)10(18(2)17-7)6-20-13-16-9-4-3-8(15)5-11(9)19-13/h3-5H,6,15H2,1-2H3. The number of nitrogen functional groups attached to an aromatic ring is 1. The Bertz CT molecular complexity index is 780. The van der Waals surface area contributed by atoms with Crippen molar-refractivity contribution in [1.82, 2.24) is 14.8 Å². The Morgan fingerprint density at radius 3 is 2.95 bits per heavy atom. The van der Waals surface area contributed by atoms with Gasteiger partial charge >= 0.3 is 0 Å². The Morgan fingerprint density at radius 1 is 1.45 bits per heavy atom. The predicted molar refractivity (Wildman–Crippen MR) is 80.9 cm³/mol. The van der Waals surface area contributed by atoms with Gasteiger partial charge in [0.1, 0.15) is 5.52 Å². The number of nitrogens with two attached hydrogens (primary N) is 1. The van der Waals surface area contributed by atoms with E-state index >= 15 is 0 Å². The highest BCUT2D eigenvalue weighted by Gasteiger charge is 2.13. The Labute approximate surface area is 125 Å². The molecule has 3 rings (SSSR count). The lowest BCUT2D eigenvalue weighted by atomic mass is 10.3. The van der Waals surface area contributed by atoms with Gasteiger partial charge in [-0.25, -0.2) is 4.98 Å². The average molecular weight is 309 g/mol. The second-order valence-electron chi connectivity index (χ2n) is 4.47. The molecule has 0 aliphatic rings. The van der Waals surface area contributed by atoms with Crippen LogP contribution in [0.5, 0.6) is 0 Å². The van der Waals surface area contributed by atoms with Crippen LogP contribution in [0.1, 0.15) is 11.4 Å². The summed E-state index contributed by atoms with van der Waals surface area (Å²) in [5.41, 5.74) is 9.66. The van der Waals surface area contributed by atoms with Crippen molar-refractivity contribution in [2.45, 2.75) is 17.9 Å². The molecule has 0 amide bonds. The van der Waals surface area contributed by atoms with E-state index in [0.717, 1.165) is 16.9 Å². The first kappa shape index (κ1) is 13.3. The largest absolute Gasteiger partial charge is 0.431 e. The zero-order valence-corrected chi connectivity index (χ0v) is 12.6. The molecule has 0 aliphatic heterocycles. The number of benzene rings is 1. The molecular formula is C13H13ClN4OS. The number of aryl methyl sites for hydroxylation is 2. The van der Waals surface area contributed by atoms with Crippen LogP contribution in [0.15, 0.2) is 27.8 Å². The molecule has 0 atom stereocenters. The summed E-state index contributed by atoms with van der Waals surface area (Å²) in [5.74, 6) is 0.651. The molecule has 20 heavy (non-hydrogen) atoms. The Kier molecular flexibility index (Phi) is 3.35. The number of aromatic nitrogens is 3. The fraction of sp³-hybridized carbons (Fsp3) is 0.231. The summed E-state index contributed by atoms with van der Waals surface area (Å²) in [4.78, 5) is 4.40. The van der Waals surface area contributed by atoms with E-state index in [2.05, 4.69) is 10.1 Å². The Hall–Kier alpha value is -1.66. The van der Waals surface area contributed by atoms with Gasteiger partial charge in [0.15, 0.2) is 5.58 Å². The van der Waals surface area contributed by atoms with Crippen LogP contribution in [0.2, 0.25) is 5.02 Å². The van der Waals surface area contributed by atoms with Gasteiger partial charge in [0, 0.05) is 24.6 Å². The average Bonchev–Trinajstić information content (AvgIpc) is 2.89. The number of oxazole rings is 1. The third-order valence-corrected chi connectivity index (χ3v) is 4.32. The molecule has 0 aliphatic carbocycles. The van der Waals surface area contributed by atoms with E-state index in [4.69, 9.17) is 21.8 Å². The minimum Gasteiger partial charge on any atom is -0.431 e. The molecular weight excluding hydrogens is 296 g/mol. The highest BCUT2D eigenvalue weighted by atomic mass is 35.5. The molecule has 7 heteroatoms. The number of rotatable bonds is 3. The first-order valence-electron chi connectivity index (χ1n) is 6.01. The van der Waals surface area contributed by atoms with Crippen LogP contribution in [0.3, 0.4) is 0 Å². The first-order chi connectivity index (χ1) is 9.54. The zero-order chi connectivity index (χ0) is 14.3. The van der Waals surface area contributed by atoms with Gasteiger partial charge in [-0.05, 0) is 19.1 Å². The lowest BCUT2D eigenvalue weighted by Gasteiger charge is -1.99. The van der Waals surface area contributed by atoms with E-state index in [-0.39, 0.29) is 0 Å². The van der Waals surface area contributed by atoms with E-state index in [1.807, 2.05) is 20.0 Å². The van der Waals surface area contributed by atoms with Crippen molar-refractivity contribution < 1.29 is 4.42 Å². The number of fused-ring (bicyclic) bond motifs is 1. The van der Waals surface area contributed by atoms with Crippen LogP contribution < -0.4 is 5.73 Å². The minimum absolute atomic E-state index is 0.598. The summed E-state index contributed by atoms with van der Waals surface area (Å²) in [6.45, 7) is 1.89. The number of hydrogen-bond donors (Lipinski definition) is 1. The summed E-state index contributed by atoms with van der Waals surface area (Å²) in [5, 5.41) is 5.57. The third kappa shape index (κ3) is 2.36. The van der Waals surface area contributed by atoms with Crippen molar-refractivity contribution in [3.63, 3.8) is 0 Å². The summed E-state index contributed by atoms with van der Waals surface area (Å²) in [7, 11) is 1.88. The number of nitrogens with zero attached hydrogens (tertiary/aromatic N) is 3. The second kappa shape index (κ2) is 5.03. The van der Waals surface area contributed by atoms with Crippen LogP contribution >= 0.6 is 23.4 Å². The molecule has 2 N–H and O–H groups in total. The van der Waals surface area contributed by atoms with Crippen LogP contribution in [-0.4, -0.2) is 14.8 Å². The third-order valence-electron chi connectivity index (χ3n) is 2.99. The molecule has 5 nitrogen and oxygen atoms in total. The van der Waals surface area contributed by atoms with Gasteiger partial charge in [0.05, 0.1) is 16.4 Å². The van der Waals surface area contributed by atoms with E-state index in [9.17, 15) is 0 Å². The van der Waals surface area contributed by atoms with Gasteiger partial charge in [0.25, 0.3) is 5.22 Å². The molecule has 0 unspecified atom stereocenters. The maximum Gasteiger partial charge on any atom is 0.257 e. The summed E-state index contributed by atoms with van der Waals surface area (Å²) < 4.78 is 7.44. The van der Waals surface area contributed by atoms with Crippen molar-refractivity contribution in [1.29, 1.82) is 0 Å². The van der Waals surface area contributed by atoms with E-state index < -0.39 is 0 Å². The Morgan fingerprint density at radius 2 is 2.25 bits per heavy atom. The fourth-order valence-electron chi connectivity index (χ4n) is 1.95. The van der Waals surface area contributed by atoms with Crippen molar-refractivity contribution in [3.05, 3.63) is 34.6 Å². The van der Waals surface area contributed by atoms with Gasteiger partial charge in [-0.3, -0.25) is 4.68 Å². The molecule has 0 bridgehead atoms. The van der Waals surface area contributed by atoms with Gasteiger partial charge in [-0.2, -0.15) is 5.10 Å². The van der Waals surface area contributed by atoms with Gasteiger partial charge < -0.3 is 10.2 Å². The predicted octanol–water partition coefficient (Wildman–Crippen LogP) is 3.40. The number of hydrogen-bond acceptors (Lipinski definition) is 5. The number of halogens is 1. The molecule has 0 fully saturated rings. The molecule has 0 radical (unpaired) electrons. The molecule has 3 aromatic rings. The van der Waals surface area contributed by atoms with Crippen LogP contribution in [0.25, 0.3) is 11.1 Å². The summed E-state index contributed by atoms with van der Waals surface area (Å²) >= 11 is 7.70. The van der Waals surface area contributed by atoms with E-state index in [1.54, 1.807) is 16.8 Å². The maximum absolute atomic E-state index is 6.22. The molecule has 1 aromatic carbocycles. The minimum atomic E-state index is 0.598. The maximum atomic E-state index is 6.22. The van der Waals surface area contributed by atoms with Crippen LogP contribution in [0, 0.1) is 6.92 Å². The second-order valence-corrected chi connectivity index (χ2v) is 5.77. The fourth-order valence-corrected chi connectivity index (χ4v) is 3.16. The van der Waals surface area contributed by atoms with Gasteiger partial charge in [-0.1, -0.05) is 23.4 Å². The molecule has 0 saturated heterocycles. The lowest BCUT2D eigenvalue weighted by Crippen LogP contribution is -1.96. The molecule has 0 spiro atoms. The van der Waals surface area contributed by atoms with Crippen molar-refractivity contribution in [2.75, 3.05) is 5.73 Å². The van der Waals surface area contributed by atoms with Crippen LogP contribution in [0.4, 0.5) is 5.69 Å². The highest BCUT2D eigenvalue weighted by molar-refractivity contribution is 7.98. The Balaban J connectivity index is 1.83. The SMILES string of the molecule is Cc1nn(C)c(CSc2nc3ccc(N)cc3o2)c1Cl. The van der Waals surface area contributed by atoms with Crippen molar-refractivity contribution >= 4 is 40.1 Å². The van der Waals surface area contributed by atoms with Gasteiger partial charge in [-0.15, -0.1) is 0 Å². The highest BCUT2D eigenvalue weighted by Crippen LogP contribution is 2.30. The summed E-state index contributed by atoms with van der Waals surface area (Å²) in [6.07, 6.45) is 0. The van der Waals surface area contributed by atoms with Crippen LogP contribution in [-0.2, 0) is 12.8 Å². The van der Waals surface area contributed by atoms with Gasteiger partial charge in [0.2, 0.25) is 0 Å². The van der Waals surface area contributed by atoms with Crippen molar-refractivity contribution in [2.24, 2.45) is 7.05 Å². The zero-order valence-electron chi connectivity index (χ0n) is 11.1. The quantitative estimate of drug-likeness (QED) is 0.593. The lowest BCUT2D eigenvalue weighted by molar-refractivity contribution is 0.489. The van der Waals surface area contributed by atoms with Crippen molar-refractivity contribution in [3.8, 4) is 0 Å². The molecule has 2 aromatic heterocycles. The number of anilines is 1. The smallest absolute Gasteiger partial charge is 0.257 e.